The van der Waals surface area contributed by atoms with E-state index in [-0.39, 0.29) is 6.61 Å². The molecule has 144 valence electrons. The Morgan fingerprint density at radius 3 is 2.61 bits per heavy atom. The number of hydrogen-bond donors (Lipinski definition) is 0. The molecule has 28 heavy (non-hydrogen) atoms. The summed E-state index contributed by atoms with van der Waals surface area (Å²) in [6, 6.07) is 15.1. The number of rotatable bonds is 7. The lowest BCUT2D eigenvalue weighted by molar-refractivity contribution is -0.134. The Morgan fingerprint density at radius 2 is 1.89 bits per heavy atom. The zero-order valence-electron chi connectivity index (χ0n) is 16.0. The monoisotopic (exact) mass is 379 g/mol. The van der Waals surface area contributed by atoms with Crippen LogP contribution in [0.2, 0.25) is 0 Å². The second-order valence-corrected chi connectivity index (χ2v) is 5.94. The minimum atomic E-state index is -0.426. The highest BCUT2D eigenvalue weighted by molar-refractivity contribution is 5.87. The topological polar surface area (TPSA) is 70.8 Å². The highest BCUT2D eigenvalue weighted by Crippen LogP contribution is 2.30. The van der Waals surface area contributed by atoms with Crippen molar-refractivity contribution < 1.29 is 23.4 Å². The second-order valence-electron chi connectivity index (χ2n) is 5.94. The van der Waals surface area contributed by atoms with Crippen molar-refractivity contribution in [1.82, 2.24) is 4.98 Å². The molecule has 1 heterocycles. The number of nitrogens with zero attached hydrogens (tertiary/aromatic N) is 1. The molecule has 0 radical (unpaired) electrons. The zero-order chi connectivity index (χ0) is 19.9. The molecule has 1 aromatic heterocycles. The predicted molar refractivity (Wildman–Crippen MR) is 105 cm³/mol. The van der Waals surface area contributed by atoms with E-state index in [4.69, 9.17) is 13.9 Å². The summed E-state index contributed by atoms with van der Waals surface area (Å²) in [4.78, 5) is 15.8. The van der Waals surface area contributed by atoms with Gasteiger partial charge in [-0.2, -0.15) is 0 Å². The number of hydrogen-bond acceptors (Lipinski definition) is 6. The van der Waals surface area contributed by atoms with E-state index in [2.05, 4.69) is 9.72 Å². The van der Waals surface area contributed by atoms with Gasteiger partial charge in [0, 0.05) is 11.6 Å². The van der Waals surface area contributed by atoms with E-state index in [0.29, 0.717) is 28.8 Å². The number of carbonyl (C=O) groups excluding carboxylic acids is 1. The molecule has 0 atom stereocenters. The van der Waals surface area contributed by atoms with Gasteiger partial charge in [0.05, 0.1) is 14.2 Å². The Labute approximate surface area is 163 Å². The van der Waals surface area contributed by atoms with E-state index in [1.54, 1.807) is 25.3 Å². The number of carbonyl (C=O) groups is 1. The Bertz CT molecular complexity index is 976. The molecule has 6 nitrogen and oxygen atoms in total. The zero-order valence-corrected chi connectivity index (χ0v) is 16.0. The van der Waals surface area contributed by atoms with Crippen LogP contribution in [0, 0.1) is 6.92 Å². The van der Waals surface area contributed by atoms with Crippen molar-refractivity contribution in [2.45, 2.75) is 13.5 Å². The number of aromatic nitrogens is 1. The molecule has 0 aliphatic carbocycles. The van der Waals surface area contributed by atoms with E-state index in [0.717, 1.165) is 11.1 Å². The van der Waals surface area contributed by atoms with Gasteiger partial charge in [0.25, 0.3) is 0 Å². The van der Waals surface area contributed by atoms with Crippen LogP contribution < -0.4 is 9.47 Å². The van der Waals surface area contributed by atoms with Gasteiger partial charge in [-0.1, -0.05) is 24.3 Å². The summed E-state index contributed by atoms with van der Waals surface area (Å²) in [5.41, 5.74) is 2.39. The molecule has 3 rings (SSSR count). The molecule has 0 aliphatic rings. The third-order valence-electron chi connectivity index (χ3n) is 4.08. The molecule has 0 fully saturated rings. The van der Waals surface area contributed by atoms with Gasteiger partial charge in [-0.15, -0.1) is 0 Å². The lowest BCUT2D eigenvalue weighted by Crippen LogP contribution is -2.00. The van der Waals surface area contributed by atoms with Crippen LogP contribution in [-0.4, -0.2) is 25.2 Å². The molecule has 0 unspecified atom stereocenters. The molecule has 0 bridgehead atoms. The minimum Gasteiger partial charge on any atom is -0.493 e. The van der Waals surface area contributed by atoms with Crippen molar-refractivity contribution in [3.63, 3.8) is 0 Å². The Kier molecular flexibility index (Phi) is 6.11. The van der Waals surface area contributed by atoms with E-state index in [9.17, 15) is 4.79 Å². The number of oxazole rings is 1. The number of methoxy groups -OCH3 is 2. The summed E-state index contributed by atoms with van der Waals surface area (Å²) < 4.78 is 21.6. The second kappa shape index (κ2) is 8.90. The van der Waals surface area contributed by atoms with Gasteiger partial charge < -0.3 is 18.6 Å². The third-order valence-corrected chi connectivity index (χ3v) is 4.08. The fourth-order valence-corrected chi connectivity index (χ4v) is 2.55. The molecule has 0 spiro atoms. The Balaban J connectivity index is 1.77. The van der Waals surface area contributed by atoms with Crippen molar-refractivity contribution in [3.8, 4) is 23.0 Å². The van der Waals surface area contributed by atoms with E-state index in [1.165, 1.54) is 13.2 Å². The lowest BCUT2D eigenvalue weighted by Gasteiger charge is -2.10. The average molecular weight is 379 g/mol. The van der Waals surface area contributed by atoms with Crippen molar-refractivity contribution >= 4 is 12.0 Å². The lowest BCUT2D eigenvalue weighted by atomic mass is 10.2. The van der Waals surface area contributed by atoms with Gasteiger partial charge in [0.15, 0.2) is 11.5 Å². The van der Waals surface area contributed by atoms with E-state index >= 15 is 0 Å². The molecule has 0 saturated carbocycles. The molecular formula is C22H21NO5. The van der Waals surface area contributed by atoms with E-state index < -0.39 is 5.97 Å². The molecule has 0 amide bonds. The van der Waals surface area contributed by atoms with Gasteiger partial charge in [-0.3, -0.25) is 0 Å². The van der Waals surface area contributed by atoms with Gasteiger partial charge in [0.1, 0.15) is 18.1 Å². The largest absolute Gasteiger partial charge is 0.493 e. The number of esters is 1. The SMILES string of the molecule is COC(=O)/C=C/c1ccc(OC)c(OCc2nc(-c3ccccc3)oc2C)c1. The molecule has 3 aromatic rings. The molecule has 2 aromatic carbocycles. The van der Waals surface area contributed by atoms with Crippen molar-refractivity contribution in [3.05, 3.63) is 71.6 Å². The van der Waals surface area contributed by atoms with Crippen LogP contribution in [0.25, 0.3) is 17.5 Å². The summed E-state index contributed by atoms with van der Waals surface area (Å²) in [6.07, 6.45) is 2.99. The fourth-order valence-electron chi connectivity index (χ4n) is 2.55. The summed E-state index contributed by atoms with van der Waals surface area (Å²) in [5.74, 6) is 1.95. The number of aryl methyl sites for hydroxylation is 1. The van der Waals surface area contributed by atoms with Crippen LogP contribution in [0.3, 0.4) is 0 Å². The predicted octanol–water partition coefficient (Wildman–Crippen LogP) is 4.42. The van der Waals surface area contributed by atoms with Crippen molar-refractivity contribution in [1.29, 1.82) is 0 Å². The van der Waals surface area contributed by atoms with Crippen molar-refractivity contribution in [2.24, 2.45) is 0 Å². The molecule has 0 N–H and O–H groups in total. The summed E-state index contributed by atoms with van der Waals surface area (Å²) in [6.45, 7) is 2.08. The maximum absolute atomic E-state index is 11.3. The maximum Gasteiger partial charge on any atom is 0.330 e. The Hall–Kier alpha value is -3.54. The first-order chi connectivity index (χ1) is 13.6. The molecule has 0 saturated heterocycles. The number of ether oxygens (including phenoxy) is 3. The average Bonchev–Trinajstić information content (AvgIpc) is 3.11. The van der Waals surface area contributed by atoms with Crippen LogP contribution in [0.4, 0.5) is 0 Å². The van der Waals surface area contributed by atoms with Crippen LogP contribution in [0.1, 0.15) is 17.0 Å². The number of benzene rings is 2. The van der Waals surface area contributed by atoms with Gasteiger partial charge >= 0.3 is 5.97 Å². The van der Waals surface area contributed by atoms with Crippen LogP contribution in [0.5, 0.6) is 11.5 Å². The summed E-state index contributed by atoms with van der Waals surface area (Å²) in [5, 5.41) is 0. The first-order valence-corrected chi connectivity index (χ1v) is 8.69. The van der Waals surface area contributed by atoms with Crippen LogP contribution in [-0.2, 0) is 16.1 Å². The smallest absolute Gasteiger partial charge is 0.330 e. The first-order valence-electron chi connectivity index (χ1n) is 8.69. The quantitative estimate of drug-likeness (QED) is 0.447. The summed E-state index contributed by atoms with van der Waals surface area (Å²) >= 11 is 0. The maximum atomic E-state index is 11.3. The highest BCUT2D eigenvalue weighted by atomic mass is 16.5. The molecule has 6 heteroatoms. The molecule has 0 aliphatic heterocycles. The minimum absolute atomic E-state index is 0.225. The molecular weight excluding hydrogens is 358 g/mol. The van der Waals surface area contributed by atoms with Gasteiger partial charge in [-0.25, -0.2) is 9.78 Å². The van der Waals surface area contributed by atoms with Crippen molar-refractivity contribution in [2.75, 3.05) is 14.2 Å². The van der Waals surface area contributed by atoms with Gasteiger partial charge in [0.2, 0.25) is 5.89 Å². The first kappa shape index (κ1) is 19.2. The van der Waals surface area contributed by atoms with Crippen LogP contribution >= 0.6 is 0 Å². The van der Waals surface area contributed by atoms with E-state index in [1.807, 2.05) is 43.3 Å². The third kappa shape index (κ3) is 4.59. The van der Waals surface area contributed by atoms with Crippen LogP contribution in [0.15, 0.2) is 59.0 Å². The highest BCUT2D eigenvalue weighted by Gasteiger charge is 2.13. The summed E-state index contributed by atoms with van der Waals surface area (Å²) in [7, 11) is 2.90. The fraction of sp³-hybridized carbons (Fsp3) is 0.182. The van der Waals surface area contributed by atoms with Gasteiger partial charge in [-0.05, 0) is 42.8 Å². The Morgan fingerprint density at radius 1 is 1.11 bits per heavy atom. The standard InChI is InChI=1S/C22H21NO5/c1-15-18(23-22(28-15)17-7-5-4-6-8-17)14-27-20-13-16(9-11-19(20)25-2)10-12-21(24)26-3/h4-13H,14H2,1-3H3/b12-10+. The normalized spacial score (nSPS) is 10.8.